The summed E-state index contributed by atoms with van der Waals surface area (Å²) in [5.74, 6) is 0. The summed E-state index contributed by atoms with van der Waals surface area (Å²) < 4.78 is 3.05. The van der Waals surface area contributed by atoms with Crippen LogP contribution < -0.4 is 0 Å². The number of pyridine rings is 1. The van der Waals surface area contributed by atoms with Crippen LogP contribution in [0.15, 0.2) is 18.3 Å². The van der Waals surface area contributed by atoms with Crippen LogP contribution in [0.4, 0.5) is 0 Å². The summed E-state index contributed by atoms with van der Waals surface area (Å²) in [4.78, 5) is 0. The molecule has 0 aliphatic carbocycles. The summed E-state index contributed by atoms with van der Waals surface area (Å²) in [5.41, 5.74) is 1.18. The zero-order valence-electron chi connectivity index (χ0n) is 7.16. The Morgan fingerprint density at radius 1 is 1.45 bits per heavy atom. The fourth-order valence-electron chi connectivity index (χ4n) is 1.03. The molecule has 0 amide bonds. The highest BCUT2D eigenvalue weighted by molar-refractivity contribution is 7.71. The fraction of sp³-hybridized carbons (Fsp3) is 0.444. The number of hydrogen-bond donors (Lipinski definition) is 0. The molecule has 1 rings (SSSR count). The van der Waals surface area contributed by atoms with Crippen molar-refractivity contribution in [3.63, 3.8) is 0 Å². The molecule has 0 N–H and O–H groups in total. The van der Waals surface area contributed by atoms with Crippen molar-refractivity contribution in [2.75, 3.05) is 0 Å². The van der Waals surface area contributed by atoms with Gasteiger partial charge in [-0.25, -0.2) is 0 Å². The van der Waals surface area contributed by atoms with Gasteiger partial charge in [0, 0.05) is 12.2 Å². The first-order chi connectivity index (χ1) is 5.13. The van der Waals surface area contributed by atoms with Crippen molar-refractivity contribution in [2.24, 2.45) is 0 Å². The first kappa shape index (κ1) is 8.47. The predicted molar refractivity (Wildman–Crippen MR) is 50.4 cm³/mol. The minimum absolute atomic E-state index is 0.461. The molecule has 0 atom stereocenters. The highest BCUT2D eigenvalue weighted by Crippen LogP contribution is 2.08. The van der Waals surface area contributed by atoms with Gasteiger partial charge in [-0.2, -0.15) is 0 Å². The van der Waals surface area contributed by atoms with Gasteiger partial charge >= 0.3 is 0 Å². The number of rotatable bonds is 1. The maximum Gasteiger partial charge on any atom is 0.109 e. The molecule has 1 nitrogen and oxygen atoms in total. The molecule has 0 spiro atoms. The molecule has 0 saturated carbocycles. The van der Waals surface area contributed by atoms with Crippen LogP contribution in [-0.2, 0) is 0 Å². The number of hydrogen-bond acceptors (Lipinski definition) is 1. The van der Waals surface area contributed by atoms with Crippen LogP contribution in [0.25, 0.3) is 0 Å². The minimum atomic E-state index is 0.461. The Morgan fingerprint density at radius 2 is 2.09 bits per heavy atom. The van der Waals surface area contributed by atoms with E-state index in [4.69, 9.17) is 12.2 Å². The second kappa shape index (κ2) is 3.18. The molecule has 0 bridgehead atoms. The summed E-state index contributed by atoms with van der Waals surface area (Å²) in [5, 5.41) is 0. The van der Waals surface area contributed by atoms with Crippen molar-refractivity contribution in [3.8, 4) is 0 Å². The van der Waals surface area contributed by atoms with Gasteiger partial charge in [0.2, 0.25) is 0 Å². The molecule has 11 heavy (non-hydrogen) atoms. The van der Waals surface area contributed by atoms with E-state index in [1.54, 1.807) is 0 Å². The van der Waals surface area contributed by atoms with E-state index in [2.05, 4.69) is 18.4 Å². The summed E-state index contributed by atoms with van der Waals surface area (Å²) in [6.07, 6.45) is 2.03. The van der Waals surface area contributed by atoms with Crippen molar-refractivity contribution in [1.82, 2.24) is 4.57 Å². The van der Waals surface area contributed by atoms with Crippen molar-refractivity contribution >= 4 is 12.2 Å². The maximum absolute atomic E-state index is 5.23. The SMILES string of the molecule is Cc1cccn(C(C)C)c1=S. The molecule has 1 heterocycles. The second-order valence-electron chi connectivity index (χ2n) is 3.00. The van der Waals surface area contributed by atoms with E-state index >= 15 is 0 Å². The second-order valence-corrected chi connectivity index (χ2v) is 3.38. The number of nitrogens with zero attached hydrogens (tertiary/aromatic N) is 1. The molecule has 1 aromatic rings. The van der Waals surface area contributed by atoms with Gasteiger partial charge in [0.25, 0.3) is 0 Å². The topological polar surface area (TPSA) is 4.93 Å². The van der Waals surface area contributed by atoms with Gasteiger partial charge in [0.05, 0.1) is 0 Å². The normalized spacial score (nSPS) is 10.5. The van der Waals surface area contributed by atoms with E-state index in [1.807, 2.05) is 25.3 Å². The van der Waals surface area contributed by atoms with Gasteiger partial charge in [0.15, 0.2) is 0 Å². The first-order valence-electron chi connectivity index (χ1n) is 3.80. The Bertz CT molecular complexity index is 299. The lowest BCUT2D eigenvalue weighted by atomic mass is 10.3. The van der Waals surface area contributed by atoms with Crippen molar-refractivity contribution in [1.29, 1.82) is 0 Å². The smallest absolute Gasteiger partial charge is 0.109 e. The highest BCUT2D eigenvalue weighted by atomic mass is 32.1. The lowest BCUT2D eigenvalue weighted by Crippen LogP contribution is -2.02. The lowest BCUT2D eigenvalue weighted by molar-refractivity contribution is 0.587. The molecule has 0 unspecified atom stereocenters. The van der Waals surface area contributed by atoms with Crippen LogP contribution in [-0.4, -0.2) is 4.57 Å². The molecular weight excluding hydrogens is 154 g/mol. The Labute approximate surface area is 72.7 Å². The van der Waals surface area contributed by atoms with Crippen LogP contribution in [0.5, 0.6) is 0 Å². The van der Waals surface area contributed by atoms with E-state index in [1.165, 1.54) is 5.56 Å². The van der Waals surface area contributed by atoms with Crippen LogP contribution in [0, 0.1) is 11.6 Å². The predicted octanol–water partition coefficient (Wildman–Crippen LogP) is 3.11. The van der Waals surface area contributed by atoms with Gasteiger partial charge in [-0.3, -0.25) is 0 Å². The Balaban J connectivity index is 3.28. The maximum atomic E-state index is 5.23. The molecule has 0 saturated heterocycles. The zero-order chi connectivity index (χ0) is 8.43. The van der Waals surface area contributed by atoms with Crippen LogP contribution in [0.2, 0.25) is 0 Å². The summed E-state index contributed by atoms with van der Waals surface area (Å²) in [6, 6.07) is 4.54. The molecule has 0 aliphatic rings. The highest BCUT2D eigenvalue weighted by Gasteiger charge is 1.97. The molecule has 0 radical (unpaired) electrons. The molecule has 2 heteroatoms. The lowest BCUT2D eigenvalue weighted by Gasteiger charge is -2.11. The van der Waals surface area contributed by atoms with Gasteiger partial charge in [-0.1, -0.05) is 18.3 Å². The van der Waals surface area contributed by atoms with E-state index in [0.717, 1.165) is 4.64 Å². The van der Waals surface area contributed by atoms with E-state index in [-0.39, 0.29) is 0 Å². The molecular formula is C9H13NS. The van der Waals surface area contributed by atoms with Crippen molar-refractivity contribution < 1.29 is 0 Å². The first-order valence-corrected chi connectivity index (χ1v) is 4.21. The summed E-state index contributed by atoms with van der Waals surface area (Å²) in [7, 11) is 0. The Kier molecular flexibility index (Phi) is 2.45. The van der Waals surface area contributed by atoms with Crippen LogP contribution in [0.3, 0.4) is 0 Å². The largest absolute Gasteiger partial charge is 0.337 e. The van der Waals surface area contributed by atoms with Crippen LogP contribution in [0.1, 0.15) is 25.5 Å². The third-order valence-corrected chi connectivity index (χ3v) is 2.25. The number of aryl methyl sites for hydroxylation is 1. The summed E-state index contributed by atoms with van der Waals surface area (Å²) in [6.45, 7) is 6.31. The quantitative estimate of drug-likeness (QED) is 0.582. The Hall–Kier alpha value is -0.630. The Morgan fingerprint density at radius 3 is 2.55 bits per heavy atom. The zero-order valence-corrected chi connectivity index (χ0v) is 7.98. The standard InChI is InChI=1S/C9H13NS/c1-7(2)10-6-4-5-8(3)9(10)11/h4-7H,1-3H3. The molecule has 0 aliphatic heterocycles. The van der Waals surface area contributed by atoms with Gasteiger partial charge in [0.1, 0.15) is 4.64 Å². The van der Waals surface area contributed by atoms with E-state index in [9.17, 15) is 0 Å². The van der Waals surface area contributed by atoms with Gasteiger partial charge in [-0.15, -0.1) is 0 Å². The molecule has 0 aromatic carbocycles. The third kappa shape index (κ3) is 1.69. The average Bonchev–Trinajstić information content (AvgIpc) is 1.94. The molecule has 60 valence electrons. The van der Waals surface area contributed by atoms with Gasteiger partial charge in [-0.05, 0) is 32.4 Å². The monoisotopic (exact) mass is 167 g/mol. The van der Waals surface area contributed by atoms with Gasteiger partial charge < -0.3 is 4.57 Å². The third-order valence-electron chi connectivity index (χ3n) is 1.72. The van der Waals surface area contributed by atoms with E-state index < -0.39 is 0 Å². The van der Waals surface area contributed by atoms with E-state index in [0.29, 0.717) is 6.04 Å². The minimum Gasteiger partial charge on any atom is -0.337 e. The van der Waals surface area contributed by atoms with Crippen molar-refractivity contribution in [2.45, 2.75) is 26.8 Å². The van der Waals surface area contributed by atoms with Crippen LogP contribution >= 0.6 is 12.2 Å². The molecule has 1 aromatic heterocycles. The summed E-state index contributed by atoms with van der Waals surface area (Å²) >= 11 is 5.23. The fourth-order valence-corrected chi connectivity index (χ4v) is 1.37. The molecule has 0 fully saturated rings. The van der Waals surface area contributed by atoms with Crippen molar-refractivity contribution in [3.05, 3.63) is 28.5 Å². The number of aromatic nitrogens is 1. The average molecular weight is 167 g/mol.